The molecule has 94 valence electrons. The number of carbonyl (C=O) groups is 1. The minimum atomic E-state index is -0.300. The molecule has 0 spiro atoms. The molecular formula is C12H23NO3. The lowest BCUT2D eigenvalue weighted by molar-refractivity contribution is -0.149. The molecule has 0 aliphatic heterocycles. The van der Waals surface area contributed by atoms with E-state index in [-0.39, 0.29) is 18.1 Å². The molecule has 0 aromatic rings. The molecule has 1 N–H and O–H groups in total. The largest absolute Gasteiger partial charge is 0.465 e. The van der Waals surface area contributed by atoms with Crippen molar-refractivity contribution in [1.29, 1.82) is 0 Å². The van der Waals surface area contributed by atoms with Crippen molar-refractivity contribution in [1.82, 2.24) is 4.90 Å². The topological polar surface area (TPSA) is 49.8 Å². The van der Waals surface area contributed by atoms with E-state index in [9.17, 15) is 9.90 Å². The zero-order valence-corrected chi connectivity index (χ0v) is 10.5. The number of ether oxygens (including phenoxy) is 1. The quantitative estimate of drug-likeness (QED) is 0.662. The highest BCUT2D eigenvalue weighted by Gasteiger charge is 2.32. The van der Waals surface area contributed by atoms with Crippen LogP contribution in [0.15, 0.2) is 0 Å². The molecule has 4 heteroatoms. The Balaban J connectivity index is 2.27. The molecule has 0 aromatic heterocycles. The Morgan fingerprint density at radius 1 is 1.56 bits per heavy atom. The van der Waals surface area contributed by atoms with Gasteiger partial charge in [-0.3, -0.25) is 9.69 Å². The van der Waals surface area contributed by atoms with Crippen molar-refractivity contribution >= 4 is 5.97 Å². The van der Waals surface area contributed by atoms with Gasteiger partial charge in [0.25, 0.3) is 0 Å². The number of carbonyl (C=O) groups excluding carboxylic acids is 1. The SMILES string of the molecule is CCCOC(=O)C(C)N(C)CC(O)C1CC1. The van der Waals surface area contributed by atoms with Gasteiger partial charge in [0.2, 0.25) is 0 Å². The second-order valence-electron chi connectivity index (χ2n) is 4.69. The highest BCUT2D eigenvalue weighted by molar-refractivity contribution is 5.75. The molecule has 0 amide bonds. The zero-order valence-electron chi connectivity index (χ0n) is 10.5. The Labute approximate surface area is 97.6 Å². The van der Waals surface area contributed by atoms with Crippen molar-refractivity contribution in [3.8, 4) is 0 Å². The molecule has 0 aromatic carbocycles. The third-order valence-electron chi connectivity index (χ3n) is 3.09. The molecule has 1 aliphatic carbocycles. The number of esters is 1. The Morgan fingerprint density at radius 2 is 2.19 bits per heavy atom. The summed E-state index contributed by atoms with van der Waals surface area (Å²) >= 11 is 0. The summed E-state index contributed by atoms with van der Waals surface area (Å²) in [6.07, 6.45) is 2.77. The van der Waals surface area contributed by atoms with Crippen LogP contribution in [0.1, 0.15) is 33.1 Å². The average Bonchev–Trinajstić information content (AvgIpc) is 3.08. The van der Waals surface area contributed by atoms with E-state index in [1.54, 1.807) is 0 Å². The van der Waals surface area contributed by atoms with Crippen LogP contribution in [0.5, 0.6) is 0 Å². The summed E-state index contributed by atoms with van der Waals surface area (Å²) in [5.41, 5.74) is 0. The van der Waals surface area contributed by atoms with Crippen LogP contribution in [-0.2, 0) is 9.53 Å². The Morgan fingerprint density at radius 3 is 2.69 bits per heavy atom. The lowest BCUT2D eigenvalue weighted by Gasteiger charge is -2.25. The molecular weight excluding hydrogens is 206 g/mol. The first-order valence-electron chi connectivity index (χ1n) is 6.11. The van der Waals surface area contributed by atoms with Crippen molar-refractivity contribution in [2.75, 3.05) is 20.2 Å². The smallest absolute Gasteiger partial charge is 0.323 e. The number of hydrogen-bond acceptors (Lipinski definition) is 4. The van der Waals surface area contributed by atoms with Crippen molar-refractivity contribution in [2.24, 2.45) is 5.92 Å². The van der Waals surface area contributed by atoms with Gasteiger partial charge in [-0.1, -0.05) is 6.92 Å². The van der Waals surface area contributed by atoms with E-state index in [4.69, 9.17) is 4.74 Å². The molecule has 16 heavy (non-hydrogen) atoms. The Bertz CT molecular complexity index is 228. The second kappa shape index (κ2) is 6.21. The van der Waals surface area contributed by atoms with Gasteiger partial charge in [0.15, 0.2) is 0 Å². The van der Waals surface area contributed by atoms with E-state index in [1.165, 1.54) is 0 Å². The van der Waals surface area contributed by atoms with E-state index < -0.39 is 0 Å². The van der Waals surface area contributed by atoms with Crippen molar-refractivity contribution in [3.63, 3.8) is 0 Å². The Hall–Kier alpha value is -0.610. The zero-order chi connectivity index (χ0) is 12.1. The van der Waals surface area contributed by atoms with Crippen LogP contribution < -0.4 is 0 Å². The van der Waals surface area contributed by atoms with Gasteiger partial charge in [-0.05, 0) is 39.2 Å². The van der Waals surface area contributed by atoms with E-state index in [2.05, 4.69) is 0 Å². The van der Waals surface area contributed by atoms with Gasteiger partial charge >= 0.3 is 5.97 Å². The summed E-state index contributed by atoms with van der Waals surface area (Å²) < 4.78 is 5.07. The van der Waals surface area contributed by atoms with Gasteiger partial charge in [-0.25, -0.2) is 0 Å². The summed E-state index contributed by atoms with van der Waals surface area (Å²) in [5.74, 6) is 0.244. The normalized spacial score (nSPS) is 19.6. The number of nitrogens with zero attached hydrogens (tertiary/aromatic N) is 1. The fourth-order valence-corrected chi connectivity index (χ4v) is 1.59. The van der Waals surface area contributed by atoms with E-state index >= 15 is 0 Å². The number of hydrogen-bond donors (Lipinski definition) is 1. The van der Waals surface area contributed by atoms with Gasteiger partial charge in [-0.15, -0.1) is 0 Å². The molecule has 1 aliphatic rings. The predicted octanol–water partition coefficient (Wildman–Crippen LogP) is 1.03. The molecule has 1 saturated carbocycles. The van der Waals surface area contributed by atoms with Crippen LogP contribution in [0.25, 0.3) is 0 Å². The van der Waals surface area contributed by atoms with E-state index in [0.29, 0.717) is 19.1 Å². The van der Waals surface area contributed by atoms with Crippen LogP contribution in [0, 0.1) is 5.92 Å². The van der Waals surface area contributed by atoms with Crippen LogP contribution in [0.2, 0.25) is 0 Å². The molecule has 1 rings (SSSR count). The fourth-order valence-electron chi connectivity index (χ4n) is 1.59. The minimum absolute atomic E-state index is 0.202. The third-order valence-corrected chi connectivity index (χ3v) is 3.09. The fraction of sp³-hybridized carbons (Fsp3) is 0.917. The summed E-state index contributed by atoms with van der Waals surface area (Å²) in [4.78, 5) is 13.4. The van der Waals surface area contributed by atoms with Crippen molar-refractivity contribution in [2.45, 2.75) is 45.3 Å². The first-order chi connectivity index (χ1) is 7.56. The number of aliphatic hydroxyl groups is 1. The van der Waals surface area contributed by atoms with Crippen LogP contribution in [0.4, 0.5) is 0 Å². The summed E-state index contributed by atoms with van der Waals surface area (Å²) in [5, 5.41) is 9.77. The van der Waals surface area contributed by atoms with Gasteiger partial charge < -0.3 is 9.84 Å². The first-order valence-corrected chi connectivity index (χ1v) is 6.11. The molecule has 0 heterocycles. The second-order valence-corrected chi connectivity index (χ2v) is 4.69. The summed E-state index contributed by atoms with van der Waals surface area (Å²) in [6, 6.07) is -0.278. The highest BCUT2D eigenvalue weighted by Crippen LogP contribution is 2.32. The summed E-state index contributed by atoms with van der Waals surface area (Å²) in [6.45, 7) is 4.81. The van der Waals surface area contributed by atoms with E-state index in [1.807, 2.05) is 25.8 Å². The van der Waals surface area contributed by atoms with Gasteiger partial charge in [0.05, 0.1) is 12.7 Å². The molecule has 1 fully saturated rings. The van der Waals surface area contributed by atoms with Crippen molar-refractivity contribution < 1.29 is 14.6 Å². The lowest BCUT2D eigenvalue weighted by atomic mass is 10.2. The highest BCUT2D eigenvalue weighted by atomic mass is 16.5. The van der Waals surface area contributed by atoms with Gasteiger partial charge in [0, 0.05) is 6.54 Å². The number of rotatable bonds is 7. The maximum atomic E-state index is 11.6. The van der Waals surface area contributed by atoms with Crippen LogP contribution in [-0.4, -0.2) is 48.3 Å². The molecule has 0 radical (unpaired) electrons. The minimum Gasteiger partial charge on any atom is -0.465 e. The number of aliphatic hydroxyl groups excluding tert-OH is 1. The maximum Gasteiger partial charge on any atom is 0.323 e. The standard InChI is InChI=1S/C12H23NO3/c1-4-7-16-12(15)9(2)13(3)8-11(14)10-5-6-10/h9-11,14H,4-8H2,1-3H3. The monoisotopic (exact) mass is 229 g/mol. The van der Waals surface area contributed by atoms with Crippen LogP contribution >= 0.6 is 0 Å². The third kappa shape index (κ3) is 4.10. The van der Waals surface area contributed by atoms with E-state index in [0.717, 1.165) is 19.3 Å². The van der Waals surface area contributed by atoms with Crippen LogP contribution in [0.3, 0.4) is 0 Å². The summed E-state index contributed by atoms with van der Waals surface area (Å²) in [7, 11) is 1.85. The van der Waals surface area contributed by atoms with Gasteiger partial charge in [0.1, 0.15) is 6.04 Å². The van der Waals surface area contributed by atoms with Gasteiger partial charge in [-0.2, -0.15) is 0 Å². The van der Waals surface area contributed by atoms with Crippen molar-refractivity contribution in [3.05, 3.63) is 0 Å². The molecule has 2 atom stereocenters. The lowest BCUT2D eigenvalue weighted by Crippen LogP contribution is -2.42. The average molecular weight is 229 g/mol. The maximum absolute atomic E-state index is 11.6. The molecule has 2 unspecified atom stereocenters. The predicted molar refractivity (Wildman–Crippen MR) is 62.1 cm³/mol. The Kier molecular flexibility index (Phi) is 5.22. The first kappa shape index (κ1) is 13.5. The molecule has 0 saturated heterocycles. The molecule has 4 nitrogen and oxygen atoms in total. The number of likely N-dealkylation sites (N-methyl/N-ethyl adjacent to an activating group) is 1. The molecule has 0 bridgehead atoms.